The number of methoxy groups -OCH3 is 1. The second kappa shape index (κ2) is 5.29. The van der Waals surface area contributed by atoms with Crippen LogP contribution in [0.25, 0.3) is 0 Å². The van der Waals surface area contributed by atoms with Gasteiger partial charge in [0.25, 0.3) is 0 Å². The maximum atomic E-state index is 5.47. The van der Waals surface area contributed by atoms with Gasteiger partial charge in [-0.3, -0.25) is 0 Å². The van der Waals surface area contributed by atoms with Crippen LogP contribution in [-0.2, 0) is 4.74 Å². The molecule has 0 fully saturated rings. The van der Waals surface area contributed by atoms with Crippen LogP contribution in [0.1, 0.15) is 32.4 Å². The Hall–Kier alpha value is -0.860. The monoisotopic (exact) mass is 207 g/mol. The number of benzene rings is 1. The second-order valence-corrected chi connectivity index (χ2v) is 4.77. The van der Waals surface area contributed by atoms with Gasteiger partial charge in [0.05, 0.1) is 6.10 Å². The average molecular weight is 207 g/mol. The van der Waals surface area contributed by atoms with Crippen LogP contribution in [-0.4, -0.2) is 19.2 Å². The molecule has 84 valence electrons. The molecule has 0 saturated heterocycles. The van der Waals surface area contributed by atoms with Crippen LogP contribution in [0, 0.1) is 0 Å². The van der Waals surface area contributed by atoms with Crippen molar-refractivity contribution in [3.63, 3.8) is 0 Å². The number of nitrogens with one attached hydrogen (secondary N) is 1. The van der Waals surface area contributed by atoms with Gasteiger partial charge in [-0.2, -0.15) is 0 Å². The summed E-state index contributed by atoms with van der Waals surface area (Å²) in [6.07, 6.45) is 0.130. The molecule has 2 heteroatoms. The second-order valence-electron chi connectivity index (χ2n) is 4.77. The zero-order valence-corrected chi connectivity index (χ0v) is 10.1. The molecule has 2 nitrogen and oxygen atoms in total. The van der Waals surface area contributed by atoms with Gasteiger partial charge in [-0.05, 0) is 26.3 Å². The van der Waals surface area contributed by atoms with E-state index in [1.54, 1.807) is 7.11 Å². The molecule has 0 spiro atoms. The predicted octanol–water partition coefficient (Wildman–Crippen LogP) is 2.76. The van der Waals surface area contributed by atoms with Gasteiger partial charge < -0.3 is 10.1 Å². The molecule has 0 aliphatic carbocycles. The van der Waals surface area contributed by atoms with E-state index in [-0.39, 0.29) is 11.6 Å². The number of ether oxygens (including phenoxy) is 1. The lowest BCUT2D eigenvalue weighted by Crippen LogP contribution is -2.38. The molecule has 1 N–H and O–H groups in total. The van der Waals surface area contributed by atoms with Crippen molar-refractivity contribution in [1.82, 2.24) is 5.32 Å². The SMILES string of the molecule is COC(CNC(C)(C)C)c1ccccc1. The molecule has 0 radical (unpaired) electrons. The summed E-state index contributed by atoms with van der Waals surface area (Å²) in [6.45, 7) is 7.31. The standard InChI is InChI=1S/C13H21NO/c1-13(2,3)14-10-12(15-4)11-8-6-5-7-9-11/h5-9,12,14H,10H2,1-4H3. The first-order valence-corrected chi connectivity index (χ1v) is 5.36. The topological polar surface area (TPSA) is 21.3 Å². The largest absolute Gasteiger partial charge is 0.375 e. The fourth-order valence-electron chi connectivity index (χ4n) is 1.40. The molecule has 0 aliphatic heterocycles. The van der Waals surface area contributed by atoms with Crippen LogP contribution in [0.15, 0.2) is 30.3 Å². The Labute approximate surface area is 92.6 Å². The van der Waals surface area contributed by atoms with Crippen molar-refractivity contribution < 1.29 is 4.74 Å². The minimum atomic E-state index is 0.130. The highest BCUT2D eigenvalue weighted by Gasteiger charge is 2.14. The Bertz CT molecular complexity index is 276. The van der Waals surface area contributed by atoms with Gasteiger partial charge in [0.15, 0.2) is 0 Å². The first-order valence-electron chi connectivity index (χ1n) is 5.36. The quantitative estimate of drug-likeness (QED) is 0.819. The molecule has 1 rings (SSSR count). The summed E-state index contributed by atoms with van der Waals surface area (Å²) in [6, 6.07) is 10.3. The average Bonchev–Trinajstić information content (AvgIpc) is 2.19. The fraction of sp³-hybridized carbons (Fsp3) is 0.538. The van der Waals surface area contributed by atoms with Gasteiger partial charge in [-0.15, -0.1) is 0 Å². The summed E-state index contributed by atoms with van der Waals surface area (Å²) in [5.74, 6) is 0. The lowest BCUT2D eigenvalue weighted by Gasteiger charge is -2.24. The van der Waals surface area contributed by atoms with E-state index in [1.165, 1.54) is 5.56 Å². The Morgan fingerprint density at radius 1 is 1.20 bits per heavy atom. The lowest BCUT2D eigenvalue weighted by atomic mass is 10.1. The van der Waals surface area contributed by atoms with Crippen molar-refractivity contribution in [3.05, 3.63) is 35.9 Å². The van der Waals surface area contributed by atoms with Crippen LogP contribution in [0.5, 0.6) is 0 Å². The van der Waals surface area contributed by atoms with Crippen LogP contribution in [0.3, 0.4) is 0 Å². The molecule has 0 amide bonds. The minimum Gasteiger partial charge on any atom is -0.375 e. The van der Waals surface area contributed by atoms with Gasteiger partial charge in [-0.1, -0.05) is 30.3 Å². The van der Waals surface area contributed by atoms with E-state index < -0.39 is 0 Å². The molecule has 1 aromatic carbocycles. The third-order valence-corrected chi connectivity index (χ3v) is 2.27. The van der Waals surface area contributed by atoms with E-state index in [0.717, 1.165) is 6.54 Å². The van der Waals surface area contributed by atoms with E-state index in [0.29, 0.717) is 0 Å². The molecule has 0 bridgehead atoms. The highest BCUT2D eigenvalue weighted by atomic mass is 16.5. The summed E-state index contributed by atoms with van der Waals surface area (Å²) in [4.78, 5) is 0. The molecule has 0 saturated carbocycles. The van der Waals surface area contributed by atoms with Gasteiger partial charge in [0.1, 0.15) is 0 Å². The van der Waals surface area contributed by atoms with Crippen LogP contribution >= 0.6 is 0 Å². The van der Waals surface area contributed by atoms with Crippen molar-refractivity contribution in [2.75, 3.05) is 13.7 Å². The molecule has 0 heterocycles. The van der Waals surface area contributed by atoms with E-state index in [2.05, 4.69) is 38.2 Å². The van der Waals surface area contributed by atoms with Crippen molar-refractivity contribution in [2.24, 2.45) is 0 Å². The molecular formula is C13H21NO. The van der Waals surface area contributed by atoms with E-state index >= 15 is 0 Å². The zero-order chi connectivity index (χ0) is 11.3. The fourth-order valence-corrected chi connectivity index (χ4v) is 1.40. The highest BCUT2D eigenvalue weighted by molar-refractivity contribution is 5.17. The smallest absolute Gasteiger partial charge is 0.0945 e. The summed E-state index contributed by atoms with van der Waals surface area (Å²) in [5.41, 5.74) is 1.35. The van der Waals surface area contributed by atoms with Crippen LogP contribution in [0.4, 0.5) is 0 Å². The van der Waals surface area contributed by atoms with E-state index in [1.807, 2.05) is 18.2 Å². The number of hydrogen-bond donors (Lipinski definition) is 1. The van der Waals surface area contributed by atoms with Crippen molar-refractivity contribution in [2.45, 2.75) is 32.4 Å². The van der Waals surface area contributed by atoms with E-state index in [4.69, 9.17) is 4.74 Å². The Morgan fingerprint density at radius 2 is 1.80 bits per heavy atom. The maximum Gasteiger partial charge on any atom is 0.0945 e. The lowest BCUT2D eigenvalue weighted by molar-refractivity contribution is 0.0959. The molecule has 0 aromatic heterocycles. The number of hydrogen-bond acceptors (Lipinski definition) is 2. The normalized spacial score (nSPS) is 13.9. The maximum absolute atomic E-state index is 5.47. The molecule has 0 aliphatic rings. The van der Waals surface area contributed by atoms with Gasteiger partial charge in [0.2, 0.25) is 0 Å². The van der Waals surface area contributed by atoms with Gasteiger partial charge >= 0.3 is 0 Å². The van der Waals surface area contributed by atoms with Crippen LogP contribution in [0.2, 0.25) is 0 Å². The van der Waals surface area contributed by atoms with Crippen molar-refractivity contribution in [3.8, 4) is 0 Å². The first kappa shape index (κ1) is 12.2. The highest BCUT2D eigenvalue weighted by Crippen LogP contribution is 2.16. The molecule has 15 heavy (non-hydrogen) atoms. The summed E-state index contributed by atoms with van der Waals surface area (Å²) < 4.78 is 5.47. The Kier molecular flexibility index (Phi) is 4.30. The van der Waals surface area contributed by atoms with E-state index in [9.17, 15) is 0 Å². The Morgan fingerprint density at radius 3 is 2.27 bits per heavy atom. The summed E-state index contributed by atoms with van der Waals surface area (Å²) >= 11 is 0. The minimum absolute atomic E-state index is 0.130. The zero-order valence-electron chi connectivity index (χ0n) is 10.1. The first-order chi connectivity index (χ1) is 7.03. The van der Waals surface area contributed by atoms with Gasteiger partial charge in [0, 0.05) is 19.2 Å². The third-order valence-electron chi connectivity index (χ3n) is 2.27. The van der Waals surface area contributed by atoms with Crippen molar-refractivity contribution >= 4 is 0 Å². The van der Waals surface area contributed by atoms with Crippen molar-refractivity contribution in [1.29, 1.82) is 0 Å². The molecule has 1 unspecified atom stereocenters. The van der Waals surface area contributed by atoms with Crippen LogP contribution < -0.4 is 5.32 Å². The number of rotatable bonds is 4. The third kappa shape index (κ3) is 4.45. The summed E-state index contributed by atoms with van der Waals surface area (Å²) in [5, 5.41) is 3.45. The van der Waals surface area contributed by atoms with Gasteiger partial charge in [-0.25, -0.2) is 0 Å². The summed E-state index contributed by atoms with van der Waals surface area (Å²) in [7, 11) is 1.75. The molecular weight excluding hydrogens is 186 g/mol. The molecule has 1 atom stereocenters. The predicted molar refractivity (Wildman–Crippen MR) is 63.9 cm³/mol. The Balaban J connectivity index is 2.58. The molecule has 1 aromatic rings.